The fourth-order valence-corrected chi connectivity index (χ4v) is 4.83. The van der Waals surface area contributed by atoms with E-state index in [0.717, 1.165) is 18.4 Å². The van der Waals surface area contributed by atoms with Gasteiger partial charge in [0.25, 0.3) is 5.91 Å². The smallest absolute Gasteiger partial charge is 0.319 e. The third-order valence-electron chi connectivity index (χ3n) is 4.88. The van der Waals surface area contributed by atoms with Gasteiger partial charge in [0.15, 0.2) is 0 Å². The molecule has 0 radical (unpaired) electrons. The maximum absolute atomic E-state index is 12.6. The Balaban J connectivity index is 1.58. The molecule has 1 aliphatic heterocycles. The molecule has 0 spiro atoms. The van der Waals surface area contributed by atoms with Crippen LogP contribution in [0.2, 0.25) is 0 Å². The van der Waals surface area contributed by atoms with Crippen LogP contribution in [0.5, 0.6) is 0 Å². The van der Waals surface area contributed by atoms with Gasteiger partial charge in [-0.2, -0.15) is 4.31 Å². The topological polar surface area (TPSA) is 108 Å². The van der Waals surface area contributed by atoms with Crippen molar-refractivity contribution >= 4 is 27.6 Å². The normalized spacial score (nSPS) is 14.4. The van der Waals surface area contributed by atoms with Gasteiger partial charge in [-0.3, -0.25) is 4.79 Å². The molecule has 0 aromatic heterocycles. The molecule has 2 aromatic rings. The Morgan fingerprint density at radius 1 is 1.03 bits per heavy atom. The van der Waals surface area contributed by atoms with Gasteiger partial charge in [0.05, 0.1) is 4.90 Å². The number of hydrogen-bond donors (Lipinski definition) is 3. The number of carbonyl (C=O) groups is 2. The molecule has 0 bridgehead atoms. The summed E-state index contributed by atoms with van der Waals surface area (Å²) in [4.78, 5) is 24.6. The number of carbonyl (C=O) groups excluding carboxylic acids is 2. The van der Waals surface area contributed by atoms with Crippen molar-refractivity contribution in [2.24, 2.45) is 0 Å². The Bertz CT molecular complexity index is 1030. The molecular formula is C22H28N4O4S. The fourth-order valence-electron chi connectivity index (χ4n) is 3.31. The van der Waals surface area contributed by atoms with Crippen molar-refractivity contribution in [2.75, 3.05) is 18.4 Å². The summed E-state index contributed by atoms with van der Waals surface area (Å²) in [5.41, 5.74) is 1.72. The summed E-state index contributed by atoms with van der Waals surface area (Å²) < 4.78 is 26.7. The van der Waals surface area contributed by atoms with Crippen LogP contribution in [0.25, 0.3) is 0 Å². The number of benzene rings is 2. The van der Waals surface area contributed by atoms with E-state index in [1.54, 1.807) is 48.5 Å². The summed E-state index contributed by atoms with van der Waals surface area (Å²) >= 11 is 0. The van der Waals surface area contributed by atoms with Crippen LogP contribution in [-0.2, 0) is 16.6 Å². The maximum atomic E-state index is 12.6. The van der Waals surface area contributed by atoms with Crippen LogP contribution in [0.3, 0.4) is 0 Å². The van der Waals surface area contributed by atoms with Gasteiger partial charge in [0.2, 0.25) is 10.0 Å². The number of nitrogens with zero attached hydrogens (tertiary/aromatic N) is 1. The van der Waals surface area contributed by atoms with Crippen molar-refractivity contribution in [3.63, 3.8) is 0 Å². The molecule has 2 aromatic carbocycles. The molecule has 0 unspecified atom stereocenters. The number of hydrogen-bond acceptors (Lipinski definition) is 4. The van der Waals surface area contributed by atoms with Gasteiger partial charge in [0, 0.05) is 36.9 Å². The van der Waals surface area contributed by atoms with E-state index in [9.17, 15) is 18.0 Å². The molecule has 1 fully saturated rings. The minimum absolute atomic E-state index is 0.00297. The Labute approximate surface area is 183 Å². The van der Waals surface area contributed by atoms with Crippen molar-refractivity contribution < 1.29 is 18.0 Å². The highest BCUT2D eigenvalue weighted by Gasteiger charge is 2.26. The molecule has 0 saturated carbocycles. The molecule has 166 valence electrons. The summed E-state index contributed by atoms with van der Waals surface area (Å²) in [5.74, 6) is -0.290. The van der Waals surface area contributed by atoms with Gasteiger partial charge in [-0.15, -0.1) is 0 Å². The van der Waals surface area contributed by atoms with E-state index >= 15 is 0 Å². The van der Waals surface area contributed by atoms with Crippen molar-refractivity contribution in [1.82, 2.24) is 14.9 Å². The molecule has 0 aliphatic carbocycles. The second-order valence-electron chi connectivity index (χ2n) is 7.77. The minimum atomic E-state index is -3.45. The second-order valence-corrected chi connectivity index (χ2v) is 9.71. The average molecular weight is 445 g/mol. The minimum Gasteiger partial charge on any atom is -0.348 e. The highest BCUT2D eigenvalue weighted by atomic mass is 32.2. The molecule has 3 rings (SSSR count). The highest BCUT2D eigenvalue weighted by Crippen LogP contribution is 2.21. The van der Waals surface area contributed by atoms with E-state index in [0.29, 0.717) is 24.3 Å². The molecular weight excluding hydrogens is 416 g/mol. The molecule has 0 atom stereocenters. The van der Waals surface area contributed by atoms with Crippen LogP contribution in [0.15, 0.2) is 53.4 Å². The largest absolute Gasteiger partial charge is 0.348 e. The average Bonchev–Trinajstić information content (AvgIpc) is 3.28. The van der Waals surface area contributed by atoms with Crippen LogP contribution in [0, 0.1) is 0 Å². The Kier molecular flexibility index (Phi) is 7.29. The lowest BCUT2D eigenvalue weighted by atomic mass is 10.1. The van der Waals surface area contributed by atoms with E-state index in [2.05, 4.69) is 16.0 Å². The van der Waals surface area contributed by atoms with Crippen molar-refractivity contribution in [3.05, 3.63) is 59.7 Å². The summed E-state index contributed by atoms with van der Waals surface area (Å²) in [6, 6.07) is 12.9. The van der Waals surface area contributed by atoms with Gasteiger partial charge < -0.3 is 16.0 Å². The van der Waals surface area contributed by atoms with E-state index in [-0.39, 0.29) is 29.4 Å². The van der Waals surface area contributed by atoms with Gasteiger partial charge in [-0.25, -0.2) is 13.2 Å². The monoisotopic (exact) mass is 444 g/mol. The molecule has 3 N–H and O–H groups in total. The quantitative estimate of drug-likeness (QED) is 0.610. The predicted octanol–water partition coefficient (Wildman–Crippen LogP) is 2.93. The van der Waals surface area contributed by atoms with Crippen molar-refractivity contribution in [2.45, 2.75) is 44.2 Å². The van der Waals surface area contributed by atoms with Gasteiger partial charge in [0.1, 0.15) is 0 Å². The number of amides is 3. The standard InChI is InChI=1S/C22H28N4O4S/c1-16(2)24-22(28)25-19-7-5-6-18(14-19)21(27)23-15-17-8-10-20(11-9-17)31(29,30)26-12-3-4-13-26/h5-11,14,16H,3-4,12-13,15H2,1-2H3,(H,23,27)(H2,24,25,28). The third kappa shape index (κ3) is 6.05. The summed E-state index contributed by atoms with van der Waals surface area (Å²) in [6.45, 7) is 5.10. The number of anilines is 1. The first-order valence-corrected chi connectivity index (χ1v) is 11.7. The first-order valence-electron chi connectivity index (χ1n) is 10.3. The van der Waals surface area contributed by atoms with Gasteiger partial charge in [-0.1, -0.05) is 18.2 Å². The zero-order valence-electron chi connectivity index (χ0n) is 17.7. The molecule has 31 heavy (non-hydrogen) atoms. The van der Waals surface area contributed by atoms with Crippen LogP contribution in [0.1, 0.15) is 42.6 Å². The fraction of sp³-hybridized carbons (Fsp3) is 0.364. The molecule has 3 amide bonds. The van der Waals surface area contributed by atoms with Gasteiger partial charge >= 0.3 is 6.03 Å². The van der Waals surface area contributed by atoms with Crippen LogP contribution in [0.4, 0.5) is 10.5 Å². The van der Waals surface area contributed by atoms with E-state index in [1.165, 1.54) is 4.31 Å². The van der Waals surface area contributed by atoms with Crippen LogP contribution < -0.4 is 16.0 Å². The SMILES string of the molecule is CC(C)NC(=O)Nc1cccc(C(=O)NCc2ccc(S(=O)(=O)N3CCCC3)cc2)c1. The second kappa shape index (κ2) is 9.93. The van der Waals surface area contributed by atoms with Crippen LogP contribution >= 0.6 is 0 Å². The number of sulfonamides is 1. The zero-order chi connectivity index (χ0) is 22.4. The first kappa shape index (κ1) is 22.8. The Hall–Kier alpha value is -2.91. The van der Waals surface area contributed by atoms with E-state index in [1.807, 2.05) is 13.8 Å². The zero-order valence-corrected chi connectivity index (χ0v) is 18.5. The number of urea groups is 1. The number of nitrogens with one attached hydrogen (secondary N) is 3. The Morgan fingerprint density at radius 2 is 1.71 bits per heavy atom. The summed E-state index contributed by atoms with van der Waals surface area (Å²) in [6.07, 6.45) is 1.78. The lowest BCUT2D eigenvalue weighted by Crippen LogP contribution is -2.34. The van der Waals surface area contributed by atoms with E-state index in [4.69, 9.17) is 0 Å². The molecule has 1 heterocycles. The molecule has 1 aliphatic rings. The van der Waals surface area contributed by atoms with E-state index < -0.39 is 10.0 Å². The van der Waals surface area contributed by atoms with Gasteiger partial charge in [-0.05, 0) is 62.6 Å². The summed E-state index contributed by atoms with van der Waals surface area (Å²) in [5, 5.41) is 8.23. The molecule has 1 saturated heterocycles. The first-order chi connectivity index (χ1) is 14.8. The predicted molar refractivity (Wildman–Crippen MR) is 119 cm³/mol. The lowest BCUT2D eigenvalue weighted by molar-refractivity contribution is 0.0951. The maximum Gasteiger partial charge on any atom is 0.319 e. The Morgan fingerprint density at radius 3 is 2.35 bits per heavy atom. The van der Waals surface area contributed by atoms with Crippen LogP contribution in [-0.4, -0.2) is 43.8 Å². The highest BCUT2D eigenvalue weighted by molar-refractivity contribution is 7.89. The summed E-state index contributed by atoms with van der Waals surface area (Å²) in [7, 11) is -3.45. The number of rotatable bonds is 7. The van der Waals surface area contributed by atoms with Crippen molar-refractivity contribution in [3.8, 4) is 0 Å². The van der Waals surface area contributed by atoms with Crippen molar-refractivity contribution in [1.29, 1.82) is 0 Å². The lowest BCUT2D eigenvalue weighted by Gasteiger charge is -2.15. The molecule has 8 nitrogen and oxygen atoms in total. The third-order valence-corrected chi connectivity index (χ3v) is 6.79. The molecule has 9 heteroatoms.